The number of ether oxygens (including phenoxy) is 2. The minimum atomic E-state index is -0.736. The van der Waals surface area contributed by atoms with Crippen LogP contribution in [0.2, 0.25) is 10.0 Å². The van der Waals surface area contributed by atoms with E-state index in [2.05, 4.69) is 20.4 Å². The molecule has 0 radical (unpaired) electrons. The summed E-state index contributed by atoms with van der Waals surface area (Å²) in [5, 5.41) is 10.6. The SMILES string of the molecule is C=CN(C)CCCOc1ccc(C(C)(C)c2ccc(OCC(O)CCl)c(Cl)c2)cc1Cl. The topological polar surface area (TPSA) is 41.9 Å². The largest absolute Gasteiger partial charge is 0.492 e. The third kappa shape index (κ3) is 7.21. The first-order valence-electron chi connectivity index (χ1n) is 10.1. The Bertz CT molecular complexity index is 873. The lowest BCUT2D eigenvalue weighted by Crippen LogP contribution is -2.20. The molecule has 0 saturated heterocycles. The summed E-state index contributed by atoms with van der Waals surface area (Å²) in [5.41, 5.74) is 1.71. The summed E-state index contributed by atoms with van der Waals surface area (Å²) < 4.78 is 11.4. The fraction of sp³-hybridized carbons (Fsp3) is 0.417. The molecule has 4 nitrogen and oxygen atoms in total. The van der Waals surface area contributed by atoms with Gasteiger partial charge >= 0.3 is 0 Å². The molecule has 0 aliphatic heterocycles. The molecule has 2 rings (SSSR count). The van der Waals surface area contributed by atoms with Gasteiger partial charge in [0.1, 0.15) is 24.2 Å². The minimum Gasteiger partial charge on any atom is -0.492 e. The number of hydrogen-bond acceptors (Lipinski definition) is 4. The second kappa shape index (κ2) is 11.9. The third-order valence-electron chi connectivity index (χ3n) is 5.14. The van der Waals surface area contributed by atoms with Crippen molar-refractivity contribution in [3.05, 3.63) is 70.3 Å². The fourth-order valence-corrected chi connectivity index (χ4v) is 3.56. The van der Waals surface area contributed by atoms with E-state index >= 15 is 0 Å². The number of rotatable bonds is 12. The number of alkyl halides is 1. The summed E-state index contributed by atoms with van der Waals surface area (Å²) in [6.45, 7) is 9.49. The number of aliphatic hydroxyl groups is 1. The Hall–Kier alpha value is -1.59. The summed E-state index contributed by atoms with van der Waals surface area (Å²) in [6.07, 6.45) is 1.93. The molecule has 0 bridgehead atoms. The quantitative estimate of drug-likeness (QED) is 0.289. The van der Waals surface area contributed by atoms with Gasteiger partial charge in [0.2, 0.25) is 0 Å². The number of aliphatic hydroxyl groups excluding tert-OH is 1. The normalized spacial score (nSPS) is 12.4. The first-order chi connectivity index (χ1) is 14.7. The Balaban J connectivity index is 2.09. The monoisotopic (exact) mass is 485 g/mol. The van der Waals surface area contributed by atoms with E-state index in [1.54, 1.807) is 12.3 Å². The van der Waals surface area contributed by atoms with Crippen molar-refractivity contribution >= 4 is 34.8 Å². The van der Waals surface area contributed by atoms with Gasteiger partial charge in [-0.05, 0) is 48.0 Å². The molecular formula is C24H30Cl3NO3. The van der Waals surface area contributed by atoms with Crippen LogP contribution in [0.4, 0.5) is 0 Å². The van der Waals surface area contributed by atoms with Crippen molar-refractivity contribution in [2.75, 3.05) is 32.7 Å². The van der Waals surface area contributed by atoms with Crippen molar-refractivity contribution in [1.29, 1.82) is 0 Å². The molecule has 0 aliphatic carbocycles. The molecule has 0 heterocycles. The van der Waals surface area contributed by atoms with Gasteiger partial charge in [-0.2, -0.15) is 0 Å². The van der Waals surface area contributed by atoms with Gasteiger partial charge in [-0.25, -0.2) is 0 Å². The van der Waals surface area contributed by atoms with Crippen LogP contribution in [0.5, 0.6) is 11.5 Å². The lowest BCUT2D eigenvalue weighted by atomic mass is 9.78. The molecule has 2 aromatic carbocycles. The number of nitrogens with zero attached hydrogens (tertiary/aromatic N) is 1. The van der Waals surface area contributed by atoms with Crippen LogP contribution < -0.4 is 9.47 Å². The Morgan fingerprint density at radius 2 is 1.61 bits per heavy atom. The van der Waals surface area contributed by atoms with Gasteiger partial charge < -0.3 is 19.5 Å². The number of halogens is 3. The highest BCUT2D eigenvalue weighted by molar-refractivity contribution is 6.32. The second-order valence-corrected chi connectivity index (χ2v) is 9.02. The molecule has 31 heavy (non-hydrogen) atoms. The highest BCUT2D eigenvalue weighted by atomic mass is 35.5. The molecule has 1 atom stereocenters. The summed E-state index contributed by atoms with van der Waals surface area (Å²) in [6, 6.07) is 11.5. The van der Waals surface area contributed by atoms with Gasteiger partial charge in [-0.15, -0.1) is 11.6 Å². The molecule has 170 valence electrons. The summed E-state index contributed by atoms with van der Waals surface area (Å²) in [5.74, 6) is 1.28. The van der Waals surface area contributed by atoms with E-state index in [0.29, 0.717) is 28.2 Å². The zero-order valence-electron chi connectivity index (χ0n) is 18.2. The smallest absolute Gasteiger partial charge is 0.138 e. The standard InChI is InChI=1S/C24H30Cl3NO3/c1-5-28(4)11-6-12-30-22-9-7-17(13-20(22)26)24(2,3)18-8-10-23(21(27)14-18)31-16-19(29)15-25/h5,7-10,13-14,19,29H,1,6,11-12,15-16H2,2-4H3. The van der Waals surface area contributed by atoms with Crippen LogP contribution in [-0.2, 0) is 5.41 Å². The molecule has 0 aliphatic rings. The molecule has 0 spiro atoms. The van der Waals surface area contributed by atoms with Gasteiger partial charge in [0.25, 0.3) is 0 Å². The minimum absolute atomic E-state index is 0.0902. The van der Waals surface area contributed by atoms with Crippen LogP contribution in [0, 0.1) is 0 Å². The van der Waals surface area contributed by atoms with Crippen molar-refractivity contribution in [3.63, 3.8) is 0 Å². The van der Waals surface area contributed by atoms with Crippen molar-refractivity contribution < 1.29 is 14.6 Å². The highest BCUT2D eigenvalue weighted by Crippen LogP contribution is 2.38. The zero-order valence-corrected chi connectivity index (χ0v) is 20.5. The summed E-state index contributed by atoms with van der Waals surface area (Å²) in [7, 11) is 1.98. The Morgan fingerprint density at radius 1 is 1.06 bits per heavy atom. The van der Waals surface area contributed by atoms with Crippen molar-refractivity contribution in [3.8, 4) is 11.5 Å². The number of benzene rings is 2. The molecule has 7 heteroatoms. The van der Waals surface area contributed by atoms with E-state index in [4.69, 9.17) is 44.3 Å². The maximum absolute atomic E-state index is 9.57. The van der Waals surface area contributed by atoms with Crippen molar-refractivity contribution in [1.82, 2.24) is 4.90 Å². The zero-order chi connectivity index (χ0) is 23.0. The first-order valence-corrected chi connectivity index (χ1v) is 11.4. The molecule has 0 aromatic heterocycles. The van der Waals surface area contributed by atoms with E-state index in [1.807, 2.05) is 42.3 Å². The Morgan fingerprint density at radius 3 is 2.10 bits per heavy atom. The van der Waals surface area contributed by atoms with E-state index in [0.717, 1.165) is 24.1 Å². The summed E-state index contributed by atoms with van der Waals surface area (Å²) >= 11 is 18.5. The fourth-order valence-electron chi connectivity index (χ4n) is 3.00. The van der Waals surface area contributed by atoms with Crippen LogP contribution >= 0.6 is 34.8 Å². The van der Waals surface area contributed by atoms with Crippen LogP contribution in [0.25, 0.3) is 0 Å². The van der Waals surface area contributed by atoms with Crippen LogP contribution in [-0.4, -0.2) is 48.8 Å². The predicted octanol–water partition coefficient (Wildman–Crippen LogP) is 6.14. The molecule has 1 N–H and O–H groups in total. The van der Waals surface area contributed by atoms with E-state index in [9.17, 15) is 5.11 Å². The van der Waals surface area contributed by atoms with E-state index in [1.165, 1.54) is 0 Å². The lowest BCUT2D eigenvalue weighted by Gasteiger charge is -2.27. The average Bonchev–Trinajstić information content (AvgIpc) is 2.75. The Kier molecular flexibility index (Phi) is 9.83. The maximum Gasteiger partial charge on any atom is 0.138 e. The van der Waals surface area contributed by atoms with Crippen LogP contribution in [0.15, 0.2) is 49.2 Å². The molecule has 2 aromatic rings. The molecule has 0 amide bonds. The van der Waals surface area contributed by atoms with Gasteiger partial charge in [0.15, 0.2) is 0 Å². The van der Waals surface area contributed by atoms with E-state index < -0.39 is 6.10 Å². The van der Waals surface area contributed by atoms with Crippen molar-refractivity contribution in [2.24, 2.45) is 0 Å². The van der Waals surface area contributed by atoms with Gasteiger partial charge in [0.05, 0.1) is 22.5 Å². The summed E-state index contributed by atoms with van der Waals surface area (Å²) in [4.78, 5) is 2.01. The van der Waals surface area contributed by atoms with E-state index in [-0.39, 0.29) is 17.9 Å². The Labute approximate surface area is 200 Å². The van der Waals surface area contributed by atoms with Gasteiger partial charge in [-0.3, -0.25) is 0 Å². The van der Waals surface area contributed by atoms with Crippen LogP contribution in [0.1, 0.15) is 31.4 Å². The molecule has 0 saturated carbocycles. The van der Waals surface area contributed by atoms with Crippen molar-refractivity contribution in [2.45, 2.75) is 31.8 Å². The molecule has 1 unspecified atom stereocenters. The van der Waals surface area contributed by atoms with Crippen LogP contribution in [0.3, 0.4) is 0 Å². The highest BCUT2D eigenvalue weighted by Gasteiger charge is 2.25. The molecular weight excluding hydrogens is 457 g/mol. The van der Waals surface area contributed by atoms with Gasteiger partial charge in [-0.1, -0.05) is 55.8 Å². The second-order valence-electron chi connectivity index (χ2n) is 7.90. The van der Waals surface area contributed by atoms with Gasteiger partial charge in [0, 0.05) is 19.0 Å². The average molecular weight is 487 g/mol. The maximum atomic E-state index is 9.57. The molecule has 0 fully saturated rings. The number of hydrogen-bond donors (Lipinski definition) is 1. The lowest BCUT2D eigenvalue weighted by molar-refractivity contribution is 0.125. The third-order valence-corrected chi connectivity index (χ3v) is 6.09. The first kappa shape index (κ1) is 25.7. The predicted molar refractivity (Wildman–Crippen MR) is 130 cm³/mol.